The Morgan fingerprint density at radius 3 is 2.52 bits per heavy atom. The van der Waals surface area contributed by atoms with Crippen LogP contribution in [0.2, 0.25) is 0 Å². The van der Waals surface area contributed by atoms with Gasteiger partial charge in [-0.3, -0.25) is 0 Å². The van der Waals surface area contributed by atoms with Gasteiger partial charge >= 0.3 is 0 Å². The van der Waals surface area contributed by atoms with Gasteiger partial charge in [-0.15, -0.1) is 6.58 Å². The van der Waals surface area contributed by atoms with Crippen LogP contribution in [0.3, 0.4) is 0 Å². The lowest BCUT2D eigenvalue weighted by molar-refractivity contribution is 0.133. The fourth-order valence-corrected chi connectivity index (χ4v) is 5.57. The first-order valence-electron chi connectivity index (χ1n) is 10.9. The number of hydrogen-bond acceptors (Lipinski definition) is 0. The quantitative estimate of drug-likeness (QED) is 0.346. The van der Waals surface area contributed by atoms with E-state index >= 15 is 0 Å². The lowest BCUT2D eigenvalue weighted by Gasteiger charge is -2.38. The molecule has 5 atom stereocenters. The summed E-state index contributed by atoms with van der Waals surface area (Å²) in [5.74, 6) is 5.12. The number of unbranched alkanes of at least 4 members (excludes halogenated alkanes) is 2. The van der Waals surface area contributed by atoms with E-state index in [1.54, 1.807) is 12.8 Å². The van der Waals surface area contributed by atoms with Gasteiger partial charge in [-0.25, -0.2) is 0 Å². The van der Waals surface area contributed by atoms with E-state index in [0.717, 1.165) is 29.6 Å². The molecule has 2 aliphatic rings. The molecule has 0 aliphatic heterocycles. The average Bonchev–Trinajstić information content (AvgIpc) is 2.59. The second-order valence-corrected chi connectivity index (χ2v) is 8.79. The summed E-state index contributed by atoms with van der Waals surface area (Å²) in [7, 11) is 0. The normalized spacial score (nSPS) is 36.2. The minimum Gasteiger partial charge on any atom is -0.103 e. The molecule has 0 heteroatoms. The topological polar surface area (TPSA) is 0 Å². The molecule has 0 N–H and O–H groups in total. The van der Waals surface area contributed by atoms with Crippen molar-refractivity contribution in [1.29, 1.82) is 0 Å². The van der Waals surface area contributed by atoms with E-state index < -0.39 is 0 Å². The predicted octanol–water partition coefficient (Wildman–Crippen LogP) is 7.78. The summed E-state index contributed by atoms with van der Waals surface area (Å²) in [5.41, 5.74) is 0. The largest absolute Gasteiger partial charge is 0.103 e. The molecule has 0 radical (unpaired) electrons. The summed E-state index contributed by atoms with van der Waals surface area (Å²) in [6, 6.07) is 0. The number of hydrogen-bond donors (Lipinski definition) is 0. The Morgan fingerprint density at radius 2 is 1.74 bits per heavy atom. The number of allylic oxidation sites excluding steroid dienone is 1. The van der Waals surface area contributed by atoms with Gasteiger partial charge in [0.25, 0.3) is 0 Å². The standard InChI is InChI=1S/C23H42/c1-4-6-7-10-13-22-17-20-15-16-21(5-2)23(18-20)14-11-8-9-12-19(22)3/h4,19-23H,1,5-18H2,2-3H3/t19-,20+,21-,22?,23-/m0/s1. The Kier molecular flexibility index (Phi) is 8.77. The van der Waals surface area contributed by atoms with Gasteiger partial charge in [0.2, 0.25) is 0 Å². The van der Waals surface area contributed by atoms with Gasteiger partial charge in [0.1, 0.15) is 0 Å². The fourth-order valence-electron chi connectivity index (χ4n) is 5.57. The smallest absolute Gasteiger partial charge is 0.0353 e. The molecule has 2 saturated carbocycles. The maximum absolute atomic E-state index is 3.88. The maximum atomic E-state index is 3.88. The minimum absolute atomic E-state index is 0.958. The summed E-state index contributed by atoms with van der Waals surface area (Å²) in [4.78, 5) is 0. The van der Waals surface area contributed by atoms with E-state index in [1.165, 1.54) is 77.0 Å². The van der Waals surface area contributed by atoms with E-state index in [4.69, 9.17) is 0 Å². The van der Waals surface area contributed by atoms with Crippen molar-refractivity contribution in [2.24, 2.45) is 29.6 Å². The van der Waals surface area contributed by atoms with Crippen molar-refractivity contribution in [2.45, 2.75) is 104 Å². The van der Waals surface area contributed by atoms with Crippen LogP contribution in [0, 0.1) is 29.6 Å². The molecule has 23 heavy (non-hydrogen) atoms. The second kappa shape index (κ2) is 10.6. The molecule has 134 valence electrons. The zero-order chi connectivity index (χ0) is 16.5. The van der Waals surface area contributed by atoms with Crippen LogP contribution >= 0.6 is 0 Å². The second-order valence-electron chi connectivity index (χ2n) is 8.79. The molecule has 2 rings (SSSR count). The molecule has 0 aromatic heterocycles. The van der Waals surface area contributed by atoms with Crippen LogP contribution in [0.25, 0.3) is 0 Å². The van der Waals surface area contributed by atoms with Crippen LogP contribution in [0.1, 0.15) is 104 Å². The molecule has 0 heterocycles. The minimum atomic E-state index is 0.958. The molecule has 0 spiro atoms. The van der Waals surface area contributed by atoms with E-state index in [9.17, 15) is 0 Å². The summed E-state index contributed by atoms with van der Waals surface area (Å²) in [6.07, 6.45) is 22.7. The van der Waals surface area contributed by atoms with Crippen LogP contribution in [0.5, 0.6) is 0 Å². The Bertz CT molecular complexity index is 318. The average molecular weight is 319 g/mol. The number of rotatable bonds is 6. The Balaban J connectivity index is 1.93. The zero-order valence-electron chi connectivity index (χ0n) is 16.1. The molecule has 2 bridgehead atoms. The van der Waals surface area contributed by atoms with Crippen LogP contribution in [-0.2, 0) is 0 Å². The van der Waals surface area contributed by atoms with Gasteiger partial charge in [-0.1, -0.05) is 77.7 Å². The van der Waals surface area contributed by atoms with Gasteiger partial charge in [-0.05, 0) is 61.7 Å². The molecule has 0 aromatic carbocycles. The third-order valence-corrected chi connectivity index (χ3v) is 7.18. The van der Waals surface area contributed by atoms with Crippen LogP contribution < -0.4 is 0 Å². The summed E-state index contributed by atoms with van der Waals surface area (Å²) < 4.78 is 0. The van der Waals surface area contributed by atoms with Crippen LogP contribution in [0.15, 0.2) is 12.7 Å². The van der Waals surface area contributed by atoms with E-state index in [1.807, 2.05) is 0 Å². The molecule has 2 fully saturated rings. The zero-order valence-corrected chi connectivity index (χ0v) is 16.1. The lowest BCUT2D eigenvalue weighted by Crippen LogP contribution is -2.27. The first-order valence-corrected chi connectivity index (χ1v) is 10.9. The first-order chi connectivity index (χ1) is 11.2. The van der Waals surface area contributed by atoms with Gasteiger partial charge in [-0.2, -0.15) is 0 Å². The highest BCUT2D eigenvalue weighted by Crippen LogP contribution is 2.43. The highest BCUT2D eigenvalue weighted by atomic mass is 14.4. The Hall–Kier alpha value is -0.260. The van der Waals surface area contributed by atoms with Crippen molar-refractivity contribution in [3.63, 3.8) is 0 Å². The van der Waals surface area contributed by atoms with Gasteiger partial charge < -0.3 is 0 Å². The first kappa shape index (κ1) is 19.1. The third kappa shape index (κ3) is 6.28. The van der Waals surface area contributed by atoms with Crippen molar-refractivity contribution < 1.29 is 0 Å². The van der Waals surface area contributed by atoms with Crippen molar-refractivity contribution in [3.05, 3.63) is 12.7 Å². The van der Waals surface area contributed by atoms with Crippen LogP contribution in [-0.4, -0.2) is 0 Å². The van der Waals surface area contributed by atoms with E-state index in [-0.39, 0.29) is 0 Å². The van der Waals surface area contributed by atoms with Crippen molar-refractivity contribution in [1.82, 2.24) is 0 Å². The summed E-state index contributed by atoms with van der Waals surface area (Å²) in [6.45, 7) is 8.87. The monoisotopic (exact) mass is 318 g/mol. The van der Waals surface area contributed by atoms with Crippen molar-refractivity contribution in [3.8, 4) is 0 Å². The molecule has 0 nitrogen and oxygen atoms in total. The van der Waals surface area contributed by atoms with E-state index in [2.05, 4.69) is 26.5 Å². The van der Waals surface area contributed by atoms with Gasteiger partial charge in [0.05, 0.1) is 0 Å². The Morgan fingerprint density at radius 1 is 0.913 bits per heavy atom. The lowest BCUT2D eigenvalue weighted by atomic mass is 9.68. The summed E-state index contributed by atoms with van der Waals surface area (Å²) in [5, 5.41) is 0. The summed E-state index contributed by atoms with van der Waals surface area (Å²) >= 11 is 0. The molecular formula is C23H42. The van der Waals surface area contributed by atoms with Gasteiger partial charge in [0.15, 0.2) is 0 Å². The number of fused-ring (bicyclic) bond motifs is 2. The molecule has 1 unspecified atom stereocenters. The molecular weight excluding hydrogens is 276 g/mol. The van der Waals surface area contributed by atoms with Crippen molar-refractivity contribution in [2.75, 3.05) is 0 Å². The van der Waals surface area contributed by atoms with E-state index in [0.29, 0.717) is 0 Å². The third-order valence-electron chi connectivity index (χ3n) is 7.18. The highest BCUT2D eigenvalue weighted by molar-refractivity contribution is 4.83. The Labute approximate surface area is 146 Å². The van der Waals surface area contributed by atoms with Gasteiger partial charge in [0, 0.05) is 0 Å². The molecule has 0 aromatic rings. The molecule has 2 aliphatic carbocycles. The molecule has 0 saturated heterocycles. The molecule has 0 amide bonds. The predicted molar refractivity (Wildman–Crippen MR) is 104 cm³/mol. The van der Waals surface area contributed by atoms with Crippen molar-refractivity contribution >= 4 is 0 Å². The fraction of sp³-hybridized carbons (Fsp3) is 0.913. The SMILES string of the molecule is C=CCCCCC1C[C@H]2CC[C@H](CC)[C@@H](CCCCC[C@@H]1C)C2. The van der Waals surface area contributed by atoms with Crippen LogP contribution in [0.4, 0.5) is 0 Å². The maximum Gasteiger partial charge on any atom is -0.0353 e. The highest BCUT2D eigenvalue weighted by Gasteiger charge is 2.31.